The first-order valence-corrected chi connectivity index (χ1v) is 15.5. The predicted molar refractivity (Wildman–Crippen MR) is 167 cm³/mol. The van der Waals surface area contributed by atoms with E-state index in [-0.39, 0.29) is 11.8 Å². The number of rotatable bonds is 5. The summed E-state index contributed by atoms with van der Waals surface area (Å²) in [5.41, 5.74) is 1.35. The molecule has 3 N–H and O–H groups in total. The number of ether oxygens (including phenoxy) is 1. The maximum Gasteiger partial charge on any atom is 0.307 e. The summed E-state index contributed by atoms with van der Waals surface area (Å²) >= 11 is 0. The first kappa shape index (κ1) is 26.7. The highest BCUT2D eigenvalue weighted by Crippen LogP contribution is 2.80. The van der Waals surface area contributed by atoms with Crippen molar-refractivity contribution in [3.8, 4) is 5.75 Å². The number of hydrogen-bond donors (Lipinski definition) is 3. The number of aliphatic carboxylic acids is 2. The molecule has 5 aromatic carbocycles. The molecule has 0 aromatic heterocycles. The molecule has 45 heavy (non-hydrogen) atoms. The van der Waals surface area contributed by atoms with Gasteiger partial charge in [-0.1, -0.05) is 91.0 Å². The number of benzene rings is 5. The molecule has 2 saturated carbocycles. The maximum absolute atomic E-state index is 13.2. The molecule has 4 bridgehead atoms. The van der Waals surface area contributed by atoms with Gasteiger partial charge < -0.3 is 20.2 Å². The Labute approximate surface area is 259 Å². The minimum atomic E-state index is -1.15. The van der Waals surface area contributed by atoms with E-state index in [2.05, 4.69) is 18.2 Å². The largest absolute Gasteiger partial charge is 0.497 e. The fourth-order valence-corrected chi connectivity index (χ4v) is 10.7. The van der Waals surface area contributed by atoms with Crippen LogP contribution in [0.2, 0.25) is 0 Å². The van der Waals surface area contributed by atoms with Crippen molar-refractivity contribution in [2.75, 3.05) is 7.11 Å². The second-order valence-corrected chi connectivity index (χ2v) is 13.1. The van der Waals surface area contributed by atoms with Crippen molar-refractivity contribution >= 4 is 33.5 Å². The molecular formula is C38H31NO6. The van der Waals surface area contributed by atoms with E-state index >= 15 is 0 Å². The van der Waals surface area contributed by atoms with Gasteiger partial charge in [0.05, 0.1) is 18.9 Å². The van der Waals surface area contributed by atoms with Crippen LogP contribution in [0.15, 0.2) is 103 Å². The summed E-state index contributed by atoms with van der Waals surface area (Å²) in [4.78, 5) is 25.9. The normalized spacial score (nSPS) is 32.6. The number of carboxylic acids is 2. The van der Waals surface area contributed by atoms with E-state index in [1.54, 1.807) is 7.11 Å². The second-order valence-electron chi connectivity index (χ2n) is 13.1. The van der Waals surface area contributed by atoms with Gasteiger partial charge in [-0.2, -0.15) is 5.06 Å². The zero-order valence-electron chi connectivity index (χ0n) is 24.5. The van der Waals surface area contributed by atoms with Gasteiger partial charge in [0.25, 0.3) is 0 Å². The summed E-state index contributed by atoms with van der Waals surface area (Å²) in [5.74, 6) is -5.21. The molecule has 0 amide bonds. The summed E-state index contributed by atoms with van der Waals surface area (Å²) in [6.45, 7) is 0. The molecule has 4 unspecified atom stereocenters. The highest BCUT2D eigenvalue weighted by molar-refractivity contribution is 6.13. The average molecular weight is 598 g/mol. The number of fused-ring (bicyclic) bond motifs is 17. The van der Waals surface area contributed by atoms with Crippen LogP contribution < -0.4 is 4.74 Å². The number of hydrogen-bond acceptors (Lipinski definition) is 5. The first-order chi connectivity index (χ1) is 21.9. The van der Waals surface area contributed by atoms with E-state index in [4.69, 9.17) is 4.74 Å². The lowest BCUT2D eigenvalue weighted by Gasteiger charge is -2.48. The molecule has 3 fully saturated rings. The molecule has 2 aliphatic carbocycles. The lowest BCUT2D eigenvalue weighted by atomic mass is 9.52. The molecule has 1 saturated heterocycles. The Hall–Kier alpha value is -4.72. The zero-order valence-corrected chi connectivity index (χ0v) is 24.5. The van der Waals surface area contributed by atoms with Crippen molar-refractivity contribution in [3.05, 3.63) is 125 Å². The van der Waals surface area contributed by atoms with E-state index in [1.165, 1.54) is 5.06 Å². The van der Waals surface area contributed by atoms with E-state index in [1.807, 2.05) is 84.9 Å². The van der Waals surface area contributed by atoms with E-state index in [9.17, 15) is 25.0 Å². The van der Waals surface area contributed by atoms with E-state index < -0.39 is 46.7 Å². The monoisotopic (exact) mass is 597 g/mol. The van der Waals surface area contributed by atoms with Gasteiger partial charge >= 0.3 is 11.9 Å². The Balaban J connectivity index is 1.53. The van der Waals surface area contributed by atoms with Crippen molar-refractivity contribution in [2.45, 2.75) is 17.5 Å². The van der Waals surface area contributed by atoms with Crippen LogP contribution in [0.25, 0.3) is 21.5 Å². The number of hydroxylamine groups is 2. The molecule has 7 nitrogen and oxygen atoms in total. The van der Waals surface area contributed by atoms with Gasteiger partial charge in [-0.15, -0.1) is 0 Å². The summed E-state index contributed by atoms with van der Waals surface area (Å²) in [6.07, 6.45) is 0.480. The van der Waals surface area contributed by atoms with Crippen molar-refractivity contribution in [3.63, 3.8) is 0 Å². The minimum Gasteiger partial charge on any atom is -0.497 e. The van der Waals surface area contributed by atoms with Crippen LogP contribution in [-0.4, -0.2) is 39.5 Å². The number of nitrogens with zero attached hydrogens (tertiary/aromatic N) is 1. The summed E-state index contributed by atoms with van der Waals surface area (Å²) in [5, 5.41) is 39.9. The van der Waals surface area contributed by atoms with Gasteiger partial charge in [0.15, 0.2) is 0 Å². The van der Waals surface area contributed by atoms with Gasteiger partial charge in [0, 0.05) is 0 Å². The highest BCUT2D eigenvalue weighted by atomic mass is 16.5. The highest BCUT2D eigenvalue weighted by Gasteiger charge is 2.83. The SMILES string of the molecule is COc1ccc2c(c1)c1c(c3ccccc32)[C@@]2(c3ccccc3)C3C([C@@H]4C[C@H]3C(C(=O)O)C4C(=O)O)[C@]1(c1ccccc1)N2O. The summed E-state index contributed by atoms with van der Waals surface area (Å²) in [6, 6.07) is 34.1. The number of carbonyl (C=O) groups is 2. The first-order valence-electron chi connectivity index (χ1n) is 15.5. The van der Waals surface area contributed by atoms with Gasteiger partial charge in [-0.25, -0.2) is 0 Å². The van der Waals surface area contributed by atoms with Crippen molar-refractivity contribution in [2.24, 2.45) is 35.5 Å². The molecule has 9 rings (SSSR count). The molecule has 224 valence electrons. The molecule has 0 radical (unpaired) electrons. The van der Waals surface area contributed by atoms with Gasteiger partial charge in [0.1, 0.15) is 16.8 Å². The zero-order chi connectivity index (χ0) is 30.8. The van der Waals surface area contributed by atoms with Crippen LogP contribution >= 0.6 is 0 Å². The standard InChI is InChI=1S/C38H31NO6/c1-45-22-16-17-24-23-14-8-9-15-25(23)31-32(26(24)18-22)38(21-12-6-3-7-13-21)34-28-19-27(29(35(40)41)30(28)36(42)43)33(34)37(31,39(38)44)20-10-4-2-5-11-20/h2-18,27-30,33-34,44H,19H2,1H3,(H,40,41)(H,42,43)/t27-,28+,29?,30?,33?,34?,37-,38+/m0/s1. The van der Waals surface area contributed by atoms with Crippen LogP contribution in [-0.2, 0) is 20.7 Å². The lowest BCUT2D eigenvalue weighted by molar-refractivity contribution is -0.193. The Kier molecular flexibility index (Phi) is 5.29. The van der Waals surface area contributed by atoms with Crippen molar-refractivity contribution in [1.29, 1.82) is 0 Å². The summed E-state index contributed by atoms with van der Waals surface area (Å²) in [7, 11) is 1.64. The topological polar surface area (TPSA) is 107 Å². The van der Waals surface area contributed by atoms with Crippen molar-refractivity contribution < 1.29 is 29.7 Å². The molecule has 4 aliphatic rings. The van der Waals surface area contributed by atoms with Crippen LogP contribution in [0.4, 0.5) is 0 Å². The minimum absolute atomic E-state index is 0.356. The molecule has 8 atom stereocenters. The molecule has 7 heteroatoms. The Morgan fingerprint density at radius 3 is 1.64 bits per heavy atom. The molecule has 2 aliphatic heterocycles. The Morgan fingerprint density at radius 2 is 1.13 bits per heavy atom. The van der Waals surface area contributed by atoms with E-state index in [0.29, 0.717) is 12.2 Å². The number of carboxylic acid groups (broad SMARTS) is 2. The average Bonchev–Trinajstić information content (AvgIpc) is 3.78. The maximum atomic E-state index is 13.2. The Bertz CT molecular complexity index is 2060. The van der Waals surface area contributed by atoms with Crippen LogP contribution in [0.5, 0.6) is 5.75 Å². The molecule has 5 aromatic rings. The van der Waals surface area contributed by atoms with Crippen molar-refractivity contribution in [1.82, 2.24) is 5.06 Å². The third-order valence-electron chi connectivity index (χ3n) is 11.8. The molecular weight excluding hydrogens is 566 g/mol. The summed E-state index contributed by atoms with van der Waals surface area (Å²) < 4.78 is 5.76. The fraction of sp³-hybridized carbons (Fsp3) is 0.263. The molecule has 2 heterocycles. The van der Waals surface area contributed by atoms with Gasteiger partial charge in [0.2, 0.25) is 0 Å². The predicted octanol–water partition coefficient (Wildman–Crippen LogP) is 6.49. The third-order valence-corrected chi connectivity index (χ3v) is 11.8. The smallest absolute Gasteiger partial charge is 0.307 e. The quantitative estimate of drug-likeness (QED) is 0.199. The van der Waals surface area contributed by atoms with Gasteiger partial charge in [-0.3, -0.25) is 9.59 Å². The van der Waals surface area contributed by atoms with Crippen LogP contribution in [0, 0.1) is 35.5 Å². The van der Waals surface area contributed by atoms with E-state index in [0.717, 1.165) is 43.8 Å². The molecule has 0 spiro atoms. The third kappa shape index (κ3) is 2.90. The Morgan fingerprint density at radius 1 is 0.667 bits per heavy atom. The number of methoxy groups -OCH3 is 1. The van der Waals surface area contributed by atoms with Crippen LogP contribution in [0.3, 0.4) is 0 Å². The van der Waals surface area contributed by atoms with Crippen LogP contribution in [0.1, 0.15) is 28.7 Å². The van der Waals surface area contributed by atoms with Gasteiger partial charge in [-0.05, 0) is 86.0 Å². The fourth-order valence-electron chi connectivity index (χ4n) is 10.7. The second kappa shape index (κ2) is 8.93. The lowest BCUT2D eigenvalue weighted by Crippen LogP contribution is -2.51.